The van der Waals surface area contributed by atoms with Gasteiger partial charge in [-0.15, -0.1) is 0 Å². The largest absolute Gasteiger partial charge is 0.286 e. The van der Waals surface area contributed by atoms with Gasteiger partial charge in [0.2, 0.25) is 0 Å². The Kier molecular flexibility index (Phi) is 8.14. The van der Waals surface area contributed by atoms with Crippen LogP contribution >= 0.6 is 0 Å². The van der Waals surface area contributed by atoms with Crippen molar-refractivity contribution in [3.8, 4) is 6.07 Å². The lowest BCUT2D eigenvalue weighted by molar-refractivity contribution is 0.125. The van der Waals surface area contributed by atoms with Gasteiger partial charge in [0, 0.05) is 0 Å². The summed E-state index contributed by atoms with van der Waals surface area (Å²) in [4.78, 5) is 2.40. The van der Waals surface area contributed by atoms with Gasteiger partial charge in [0.25, 0.3) is 0 Å². The summed E-state index contributed by atoms with van der Waals surface area (Å²) in [5.41, 5.74) is -0.178. The molecule has 0 amide bonds. The summed E-state index contributed by atoms with van der Waals surface area (Å²) >= 11 is 0. The fraction of sp³-hybridized carbons (Fsp3) is 0.941. The highest BCUT2D eigenvalue weighted by atomic mass is 15.2. The van der Waals surface area contributed by atoms with Crippen LogP contribution in [0.3, 0.4) is 0 Å². The number of nitrogens with zero attached hydrogens (tertiary/aromatic N) is 2. The van der Waals surface area contributed by atoms with Crippen molar-refractivity contribution in [1.29, 1.82) is 5.26 Å². The van der Waals surface area contributed by atoms with Gasteiger partial charge < -0.3 is 0 Å². The van der Waals surface area contributed by atoms with E-state index < -0.39 is 0 Å². The summed E-state index contributed by atoms with van der Waals surface area (Å²) < 4.78 is 0. The Morgan fingerprint density at radius 1 is 0.789 bits per heavy atom. The zero-order valence-corrected chi connectivity index (χ0v) is 13.1. The van der Waals surface area contributed by atoms with Crippen LogP contribution in [-0.4, -0.2) is 23.5 Å². The van der Waals surface area contributed by atoms with Crippen molar-refractivity contribution in [1.82, 2.24) is 4.90 Å². The molecule has 0 aromatic carbocycles. The van der Waals surface area contributed by atoms with E-state index in [0.29, 0.717) is 0 Å². The van der Waals surface area contributed by atoms with Gasteiger partial charge in [-0.3, -0.25) is 4.90 Å². The first-order valence-corrected chi connectivity index (χ1v) is 8.45. The lowest BCUT2D eigenvalue weighted by atomic mass is 9.85. The van der Waals surface area contributed by atoms with Gasteiger partial charge in [-0.05, 0) is 25.9 Å². The molecule has 0 radical (unpaired) electrons. The lowest BCUT2D eigenvalue weighted by Crippen LogP contribution is -2.47. The van der Waals surface area contributed by atoms with Crippen molar-refractivity contribution in [2.75, 3.05) is 13.1 Å². The van der Waals surface area contributed by atoms with Crippen LogP contribution in [0.15, 0.2) is 0 Å². The van der Waals surface area contributed by atoms with E-state index in [-0.39, 0.29) is 5.54 Å². The first kappa shape index (κ1) is 16.5. The van der Waals surface area contributed by atoms with Crippen molar-refractivity contribution in [3.63, 3.8) is 0 Å². The smallest absolute Gasteiger partial charge is 0.109 e. The number of hydrogen-bond donors (Lipinski definition) is 0. The van der Waals surface area contributed by atoms with Crippen LogP contribution in [0, 0.1) is 11.3 Å². The predicted molar refractivity (Wildman–Crippen MR) is 82.1 cm³/mol. The molecular formula is C17H32N2. The molecule has 0 heterocycles. The van der Waals surface area contributed by atoms with Crippen LogP contribution in [0.2, 0.25) is 0 Å². The van der Waals surface area contributed by atoms with Gasteiger partial charge in [-0.2, -0.15) is 5.26 Å². The first-order chi connectivity index (χ1) is 9.29. The molecule has 0 saturated heterocycles. The summed E-state index contributed by atoms with van der Waals surface area (Å²) in [6.07, 6.45) is 14.1. The summed E-state index contributed by atoms with van der Waals surface area (Å²) in [5, 5.41) is 9.79. The number of nitriles is 1. The van der Waals surface area contributed by atoms with Crippen LogP contribution in [0.25, 0.3) is 0 Å². The Morgan fingerprint density at radius 2 is 1.16 bits per heavy atom. The second kappa shape index (κ2) is 9.37. The third-order valence-corrected chi connectivity index (χ3v) is 4.76. The second-order valence-electron chi connectivity index (χ2n) is 6.00. The molecule has 0 spiro atoms. The van der Waals surface area contributed by atoms with Crippen LogP contribution in [0.1, 0.15) is 84.5 Å². The van der Waals surface area contributed by atoms with E-state index in [9.17, 15) is 5.26 Å². The average Bonchev–Trinajstić information content (AvgIpc) is 2.42. The highest BCUT2D eigenvalue weighted by Gasteiger charge is 2.34. The molecule has 2 nitrogen and oxygen atoms in total. The van der Waals surface area contributed by atoms with Crippen LogP contribution in [-0.2, 0) is 0 Å². The zero-order valence-electron chi connectivity index (χ0n) is 13.1. The highest BCUT2D eigenvalue weighted by molar-refractivity contribution is 5.08. The summed E-state index contributed by atoms with van der Waals surface area (Å²) in [6, 6.07) is 2.70. The SMILES string of the molecule is CCN(CC)C1(C#N)CCCCCCCCCCC1. The van der Waals surface area contributed by atoms with Gasteiger partial charge in [0.15, 0.2) is 0 Å². The van der Waals surface area contributed by atoms with Gasteiger partial charge in [0.1, 0.15) is 5.54 Å². The minimum atomic E-state index is -0.178. The second-order valence-corrected chi connectivity index (χ2v) is 6.00. The Morgan fingerprint density at radius 3 is 1.47 bits per heavy atom. The standard InChI is InChI=1S/C17H32N2/c1-3-19(4-2)17(16-18)14-12-10-8-6-5-7-9-11-13-15-17/h3-15H2,1-2H3. The molecule has 0 bridgehead atoms. The monoisotopic (exact) mass is 264 g/mol. The quantitative estimate of drug-likeness (QED) is 0.725. The summed E-state index contributed by atoms with van der Waals surface area (Å²) in [7, 11) is 0. The molecule has 2 heteroatoms. The van der Waals surface area contributed by atoms with Gasteiger partial charge in [-0.25, -0.2) is 0 Å². The summed E-state index contributed by atoms with van der Waals surface area (Å²) in [5.74, 6) is 0. The van der Waals surface area contributed by atoms with Crippen molar-refractivity contribution in [2.24, 2.45) is 0 Å². The molecule has 0 aliphatic heterocycles. The van der Waals surface area contributed by atoms with E-state index in [4.69, 9.17) is 0 Å². The molecule has 1 rings (SSSR count). The maximum Gasteiger partial charge on any atom is 0.109 e. The van der Waals surface area contributed by atoms with Gasteiger partial charge in [-0.1, -0.05) is 71.6 Å². The van der Waals surface area contributed by atoms with Gasteiger partial charge in [0.05, 0.1) is 6.07 Å². The van der Waals surface area contributed by atoms with Crippen molar-refractivity contribution >= 4 is 0 Å². The fourth-order valence-corrected chi connectivity index (χ4v) is 3.53. The Bertz CT molecular complexity index is 251. The predicted octanol–water partition coefficient (Wildman–Crippen LogP) is 4.90. The average molecular weight is 264 g/mol. The fourth-order valence-electron chi connectivity index (χ4n) is 3.53. The molecule has 1 aliphatic carbocycles. The molecule has 0 N–H and O–H groups in total. The van der Waals surface area contributed by atoms with Crippen molar-refractivity contribution in [2.45, 2.75) is 90.0 Å². The third-order valence-electron chi connectivity index (χ3n) is 4.76. The van der Waals surface area contributed by atoms with Crippen molar-refractivity contribution in [3.05, 3.63) is 0 Å². The van der Waals surface area contributed by atoms with E-state index in [0.717, 1.165) is 25.9 Å². The highest BCUT2D eigenvalue weighted by Crippen LogP contribution is 2.29. The van der Waals surface area contributed by atoms with E-state index >= 15 is 0 Å². The lowest BCUT2D eigenvalue weighted by Gasteiger charge is -2.38. The van der Waals surface area contributed by atoms with Gasteiger partial charge >= 0.3 is 0 Å². The molecule has 1 fully saturated rings. The molecule has 0 aromatic heterocycles. The third kappa shape index (κ3) is 5.15. The zero-order chi connectivity index (χ0) is 14.0. The Hall–Kier alpha value is -0.550. The molecule has 0 unspecified atom stereocenters. The maximum atomic E-state index is 9.79. The van der Waals surface area contributed by atoms with Crippen LogP contribution in [0.5, 0.6) is 0 Å². The summed E-state index contributed by atoms with van der Waals surface area (Å²) in [6.45, 7) is 6.39. The van der Waals surface area contributed by atoms with E-state index in [2.05, 4.69) is 24.8 Å². The van der Waals surface area contributed by atoms with E-state index in [1.165, 1.54) is 57.8 Å². The molecule has 19 heavy (non-hydrogen) atoms. The van der Waals surface area contributed by atoms with E-state index in [1.807, 2.05) is 0 Å². The molecular weight excluding hydrogens is 232 g/mol. The topological polar surface area (TPSA) is 27.0 Å². The number of hydrogen-bond acceptors (Lipinski definition) is 2. The molecule has 0 aromatic rings. The van der Waals surface area contributed by atoms with E-state index in [1.54, 1.807) is 0 Å². The maximum absolute atomic E-state index is 9.79. The molecule has 1 saturated carbocycles. The van der Waals surface area contributed by atoms with Crippen LogP contribution < -0.4 is 0 Å². The molecule has 0 atom stereocenters. The Labute approximate surface area is 120 Å². The number of rotatable bonds is 3. The van der Waals surface area contributed by atoms with Crippen LogP contribution in [0.4, 0.5) is 0 Å². The molecule has 1 aliphatic rings. The normalized spacial score (nSPS) is 22.2. The first-order valence-electron chi connectivity index (χ1n) is 8.45. The van der Waals surface area contributed by atoms with Crippen molar-refractivity contribution < 1.29 is 0 Å². The Balaban J connectivity index is 2.68. The minimum Gasteiger partial charge on any atom is -0.286 e. The minimum absolute atomic E-state index is 0.178. The molecule has 110 valence electrons.